The summed E-state index contributed by atoms with van der Waals surface area (Å²) in [4.78, 5) is 14.4. The highest BCUT2D eigenvalue weighted by atomic mass is 16.6. The molecule has 2 rings (SSSR count). The van der Waals surface area contributed by atoms with Crippen LogP contribution in [0.1, 0.15) is 6.42 Å². The number of anilines is 1. The SMILES string of the molecule is CNc1cc([N+](=O)[O-])cc(OCC2CCOC2)n1. The van der Waals surface area contributed by atoms with Gasteiger partial charge in [0, 0.05) is 19.6 Å². The summed E-state index contributed by atoms with van der Waals surface area (Å²) in [7, 11) is 1.65. The smallest absolute Gasteiger partial charge is 0.278 e. The molecule has 1 aliphatic heterocycles. The third kappa shape index (κ3) is 3.07. The highest BCUT2D eigenvalue weighted by molar-refractivity contribution is 5.47. The minimum atomic E-state index is -0.464. The Morgan fingerprint density at radius 2 is 2.50 bits per heavy atom. The Balaban J connectivity index is 2.05. The van der Waals surface area contributed by atoms with Gasteiger partial charge < -0.3 is 14.8 Å². The van der Waals surface area contributed by atoms with Crippen LogP contribution in [0.25, 0.3) is 0 Å². The normalized spacial score (nSPS) is 18.6. The van der Waals surface area contributed by atoms with Gasteiger partial charge in [0.25, 0.3) is 5.69 Å². The Bertz CT molecular complexity index is 432. The predicted molar refractivity (Wildman–Crippen MR) is 64.9 cm³/mol. The zero-order valence-corrected chi connectivity index (χ0v) is 10.1. The first-order chi connectivity index (χ1) is 8.69. The third-order valence-corrected chi connectivity index (χ3v) is 2.74. The lowest BCUT2D eigenvalue weighted by molar-refractivity contribution is -0.384. The van der Waals surface area contributed by atoms with Crippen molar-refractivity contribution < 1.29 is 14.4 Å². The zero-order valence-electron chi connectivity index (χ0n) is 10.1. The first-order valence-corrected chi connectivity index (χ1v) is 5.74. The minimum Gasteiger partial charge on any atom is -0.477 e. The van der Waals surface area contributed by atoms with Crippen molar-refractivity contribution in [1.29, 1.82) is 0 Å². The van der Waals surface area contributed by atoms with E-state index in [1.807, 2.05) is 0 Å². The van der Waals surface area contributed by atoms with E-state index in [9.17, 15) is 10.1 Å². The maximum absolute atomic E-state index is 10.8. The molecule has 1 aromatic rings. The van der Waals surface area contributed by atoms with Crippen LogP contribution in [-0.2, 0) is 4.74 Å². The Morgan fingerprint density at radius 1 is 1.67 bits per heavy atom. The Hall–Kier alpha value is -1.89. The van der Waals surface area contributed by atoms with Crippen LogP contribution < -0.4 is 10.1 Å². The highest BCUT2D eigenvalue weighted by Gasteiger charge is 2.18. The van der Waals surface area contributed by atoms with E-state index in [0.717, 1.165) is 13.0 Å². The number of nitrogens with zero attached hydrogens (tertiary/aromatic N) is 2. The number of hydrogen-bond acceptors (Lipinski definition) is 6. The number of pyridine rings is 1. The molecule has 0 spiro atoms. The molecule has 0 saturated carbocycles. The number of nitro groups is 1. The molecule has 0 amide bonds. The van der Waals surface area contributed by atoms with Crippen molar-refractivity contribution in [2.45, 2.75) is 6.42 Å². The molecule has 1 aliphatic rings. The average Bonchev–Trinajstić information content (AvgIpc) is 2.89. The van der Waals surface area contributed by atoms with Gasteiger partial charge in [0.2, 0.25) is 5.88 Å². The molecule has 1 saturated heterocycles. The van der Waals surface area contributed by atoms with Crippen LogP contribution in [0.15, 0.2) is 12.1 Å². The third-order valence-electron chi connectivity index (χ3n) is 2.74. The fourth-order valence-corrected chi connectivity index (χ4v) is 1.72. The van der Waals surface area contributed by atoms with Gasteiger partial charge in [-0.1, -0.05) is 0 Å². The van der Waals surface area contributed by atoms with Crippen molar-refractivity contribution in [3.8, 4) is 5.88 Å². The number of ether oxygens (including phenoxy) is 2. The largest absolute Gasteiger partial charge is 0.477 e. The van der Waals surface area contributed by atoms with E-state index in [-0.39, 0.29) is 11.6 Å². The van der Waals surface area contributed by atoms with E-state index in [1.54, 1.807) is 7.05 Å². The van der Waals surface area contributed by atoms with Gasteiger partial charge >= 0.3 is 0 Å². The Kier molecular flexibility index (Phi) is 3.93. The summed E-state index contributed by atoms with van der Waals surface area (Å²) in [6, 6.07) is 2.70. The molecule has 1 atom stereocenters. The van der Waals surface area contributed by atoms with E-state index in [2.05, 4.69) is 10.3 Å². The van der Waals surface area contributed by atoms with Crippen LogP contribution in [0.3, 0.4) is 0 Å². The van der Waals surface area contributed by atoms with Gasteiger partial charge in [-0.25, -0.2) is 0 Å². The van der Waals surface area contributed by atoms with E-state index in [4.69, 9.17) is 9.47 Å². The summed E-state index contributed by atoms with van der Waals surface area (Å²) in [5.74, 6) is 1.02. The molecule has 0 aromatic carbocycles. The summed E-state index contributed by atoms with van der Waals surface area (Å²) in [5.41, 5.74) is -0.0352. The Labute approximate surface area is 104 Å². The number of aromatic nitrogens is 1. The van der Waals surface area contributed by atoms with E-state index < -0.39 is 4.92 Å². The zero-order chi connectivity index (χ0) is 13.0. The maximum atomic E-state index is 10.8. The van der Waals surface area contributed by atoms with Gasteiger partial charge in [-0.15, -0.1) is 0 Å². The first-order valence-electron chi connectivity index (χ1n) is 5.74. The molecule has 1 aromatic heterocycles. The quantitative estimate of drug-likeness (QED) is 0.631. The Morgan fingerprint density at radius 3 is 3.11 bits per heavy atom. The summed E-state index contributed by atoms with van der Waals surface area (Å²) < 4.78 is 10.7. The molecule has 0 radical (unpaired) electrons. The summed E-state index contributed by atoms with van der Waals surface area (Å²) in [5, 5.41) is 13.5. The standard InChI is InChI=1S/C11H15N3O4/c1-12-10-4-9(14(15)16)5-11(13-10)18-7-8-2-3-17-6-8/h4-5,8H,2-3,6-7H2,1H3,(H,12,13). The minimum absolute atomic E-state index is 0.0352. The second-order valence-corrected chi connectivity index (χ2v) is 4.10. The molecule has 1 N–H and O–H groups in total. The lowest BCUT2D eigenvalue weighted by Crippen LogP contribution is -2.12. The van der Waals surface area contributed by atoms with Crippen LogP contribution in [0, 0.1) is 16.0 Å². The molecule has 2 heterocycles. The van der Waals surface area contributed by atoms with Crippen LogP contribution >= 0.6 is 0 Å². The first kappa shape index (κ1) is 12.6. The highest BCUT2D eigenvalue weighted by Crippen LogP contribution is 2.23. The molecule has 7 nitrogen and oxygen atoms in total. The maximum Gasteiger partial charge on any atom is 0.278 e. The fourth-order valence-electron chi connectivity index (χ4n) is 1.72. The summed E-state index contributed by atoms with van der Waals surface area (Å²) in [6.45, 7) is 1.89. The van der Waals surface area contributed by atoms with E-state index in [1.165, 1.54) is 12.1 Å². The van der Waals surface area contributed by atoms with Crippen LogP contribution in [0.2, 0.25) is 0 Å². The van der Waals surface area contributed by atoms with Crippen molar-refractivity contribution in [3.05, 3.63) is 22.2 Å². The number of rotatable bonds is 5. The van der Waals surface area contributed by atoms with Gasteiger partial charge in [-0.05, 0) is 6.42 Å². The van der Waals surface area contributed by atoms with Crippen LogP contribution in [-0.4, -0.2) is 36.8 Å². The van der Waals surface area contributed by atoms with Gasteiger partial charge in [0.15, 0.2) is 0 Å². The molecule has 0 aliphatic carbocycles. The van der Waals surface area contributed by atoms with Crippen LogP contribution in [0.4, 0.5) is 11.5 Å². The summed E-state index contributed by atoms with van der Waals surface area (Å²) >= 11 is 0. The monoisotopic (exact) mass is 253 g/mol. The van der Waals surface area contributed by atoms with Gasteiger partial charge in [-0.3, -0.25) is 10.1 Å². The predicted octanol–water partition coefficient (Wildman–Crippen LogP) is 1.45. The van der Waals surface area contributed by atoms with Crippen molar-refractivity contribution in [2.24, 2.45) is 5.92 Å². The second kappa shape index (κ2) is 5.63. The molecule has 1 unspecified atom stereocenters. The van der Waals surface area contributed by atoms with E-state index in [0.29, 0.717) is 24.9 Å². The van der Waals surface area contributed by atoms with Gasteiger partial charge in [0.05, 0.1) is 30.3 Å². The number of hydrogen-bond donors (Lipinski definition) is 1. The lowest BCUT2D eigenvalue weighted by Gasteiger charge is -2.10. The second-order valence-electron chi connectivity index (χ2n) is 4.10. The van der Waals surface area contributed by atoms with E-state index >= 15 is 0 Å². The van der Waals surface area contributed by atoms with Crippen LogP contribution in [0.5, 0.6) is 5.88 Å². The fraction of sp³-hybridized carbons (Fsp3) is 0.545. The number of nitrogens with one attached hydrogen (secondary N) is 1. The lowest BCUT2D eigenvalue weighted by atomic mass is 10.1. The van der Waals surface area contributed by atoms with Crippen molar-refractivity contribution in [3.63, 3.8) is 0 Å². The molecule has 18 heavy (non-hydrogen) atoms. The van der Waals surface area contributed by atoms with Gasteiger partial charge in [-0.2, -0.15) is 4.98 Å². The van der Waals surface area contributed by atoms with Crippen molar-refractivity contribution >= 4 is 11.5 Å². The molecule has 1 fully saturated rings. The molecule has 98 valence electrons. The molecular formula is C11H15N3O4. The van der Waals surface area contributed by atoms with Crippen molar-refractivity contribution in [1.82, 2.24) is 4.98 Å². The topological polar surface area (TPSA) is 86.5 Å². The molecular weight excluding hydrogens is 238 g/mol. The summed E-state index contributed by atoms with van der Waals surface area (Å²) in [6.07, 6.45) is 0.952. The molecule has 7 heteroatoms. The van der Waals surface area contributed by atoms with Crippen molar-refractivity contribution in [2.75, 3.05) is 32.2 Å². The van der Waals surface area contributed by atoms with Gasteiger partial charge in [0.1, 0.15) is 5.82 Å². The average molecular weight is 253 g/mol. The molecule has 0 bridgehead atoms.